The molecule has 0 N–H and O–H groups in total. The average molecular weight is 536 g/mol. The number of ether oxygens (including phenoxy) is 2. The second-order valence-corrected chi connectivity index (χ2v) is 10.4. The number of carbonyl (C=O) groups is 2. The summed E-state index contributed by atoms with van der Waals surface area (Å²) in [5.41, 5.74) is 1.08. The van der Waals surface area contributed by atoms with E-state index in [2.05, 4.69) is 9.97 Å². The highest BCUT2D eigenvalue weighted by Crippen LogP contribution is 2.41. The number of rotatable bonds is 6. The van der Waals surface area contributed by atoms with Gasteiger partial charge in [0.05, 0.1) is 36.5 Å². The van der Waals surface area contributed by atoms with Crippen LogP contribution in [-0.2, 0) is 25.9 Å². The van der Waals surface area contributed by atoms with Crippen LogP contribution in [0.4, 0.5) is 0 Å². The number of nitrogens with zero attached hydrogens (tertiary/aromatic N) is 3. The van der Waals surface area contributed by atoms with Gasteiger partial charge in [-0.2, -0.15) is 0 Å². The smallest absolute Gasteiger partial charge is 0.333 e. The van der Waals surface area contributed by atoms with Crippen molar-refractivity contribution < 1.29 is 27.5 Å². The Bertz CT molecular complexity index is 1450. The van der Waals surface area contributed by atoms with Crippen molar-refractivity contribution in [2.45, 2.75) is 17.7 Å². The summed E-state index contributed by atoms with van der Waals surface area (Å²) >= 11 is 12.6. The quantitative estimate of drug-likeness (QED) is 0.346. The van der Waals surface area contributed by atoms with Gasteiger partial charge in [-0.05, 0) is 17.7 Å². The second-order valence-electron chi connectivity index (χ2n) is 7.69. The fraction of sp³-hybridized carbons (Fsp3) is 0.217. The van der Waals surface area contributed by atoms with Gasteiger partial charge in [-0.15, -0.1) is 0 Å². The van der Waals surface area contributed by atoms with Gasteiger partial charge >= 0.3 is 5.97 Å². The summed E-state index contributed by atoms with van der Waals surface area (Å²) in [6.07, 6.45) is 0.932. The van der Waals surface area contributed by atoms with Crippen LogP contribution in [-0.4, -0.2) is 55.6 Å². The molecular weight excluding hydrogens is 517 g/mol. The molecule has 2 aromatic carbocycles. The zero-order valence-electron chi connectivity index (χ0n) is 18.8. The Morgan fingerprint density at radius 2 is 1.71 bits per heavy atom. The number of benzene rings is 2. The van der Waals surface area contributed by atoms with Gasteiger partial charge in [-0.25, -0.2) is 23.2 Å². The molecule has 1 atom stereocenters. The average Bonchev–Trinajstić information content (AvgIpc) is 3.15. The second kappa shape index (κ2) is 9.44. The summed E-state index contributed by atoms with van der Waals surface area (Å²) in [6, 6.07) is 10.4. The maximum atomic E-state index is 13.5. The first-order valence-electron chi connectivity index (χ1n) is 10.1. The third-order valence-electron chi connectivity index (χ3n) is 5.46. The van der Waals surface area contributed by atoms with E-state index in [1.807, 2.05) is 0 Å². The van der Waals surface area contributed by atoms with E-state index in [-0.39, 0.29) is 33.7 Å². The van der Waals surface area contributed by atoms with Crippen LogP contribution in [0.15, 0.2) is 47.6 Å². The van der Waals surface area contributed by atoms with Crippen molar-refractivity contribution in [3.8, 4) is 17.0 Å². The number of halogens is 2. The van der Waals surface area contributed by atoms with E-state index in [4.69, 9.17) is 32.7 Å². The Balaban J connectivity index is 1.94. The Labute approximate surface area is 211 Å². The van der Waals surface area contributed by atoms with E-state index in [9.17, 15) is 18.0 Å². The van der Waals surface area contributed by atoms with Gasteiger partial charge in [0.1, 0.15) is 11.4 Å². The van der Waals surface area contributed by atoms with Gasteiger partial charge in [-0.3, -0.25) is 4.79 Å². The molecule has 1 unspecified atom stereocenters. The van der Waals surface area contributed by atoms with Crippen LogP contribution >= 0.6 is 23.2 Å². The highest BCUT2D eigenvalue weighted by atomic mass is 35.5. The number of sulfone groups is 1. The fourth-order valence-electron chi connectivity index (χ4n) is 3.82. The van der Waals surface area contributed by atoms with Crippen molar-refractivity contribution in [3.63, 3.8) is 0 Å². The van der Waals surface area contributed by atoms with Crippen LogP contribution in [0.5, 0.6) is 5.75 Å². The van der Waals surface area contributed by atoms with E-state index < -0.39 is 32.9 Å². The minimum Gasteiger partial charge on any atom is -0.495 e. The molecule has 12 heteroatoms. The minimum absolute atomic E-state index is 0.0938. The molecule has 9 nitrogen and oxygen atoms in total. The SMILES string of the molecule is COC(=O)C(c1ccccc1)N1Cc2c(nc(S(C)(=O)=O)nc2-c2cc(OC)c(Cl)cc2Cl)C1=O. The topological polar surface area (TPSA) is 116 Å². The molecule has 4 rings (SSSR count). The third kappa shape index (κ3) is 4.56. The van der Waals surface area contributed by atoms with Crippen LogP contribution in [0.3, 0.4) is 0 Å². The number of hydrogen-bond donors (Lipinski definition) is 0. The largest absolute Gasteiger partial charge is 0.495 e. The number of amides is 1. The summed E-state index contributed by atoms with van der Waals surface area (Å²) < 4.78 is 35.0. The van der Waals surface area contributed by atoms with Crippen molar-refractivity contribution in [2.75, 3.05) is 20.5 Å². The molecule has 1 aliphatic rings. The van der Waals surface area contributed by atoms with Crippen LogP contribution in [0.2, 0.25) is 10.0 Å². The zero-order valence-corrected chi connectivity index (χ0v) is 21.1. The van der Waals surface area contributed by atoms with Gasteiger partial charge in [0, 0.05) is 17.4 Å². The summed E-state index contributed by atoms with van der Waals surface area (Å²) in [5.74, 6) is -1.04. The lowest BCUT2D eigenvalue weighted by molar-refractivity contribution is -0.146. The van der Waals surface area contributed by atoms with E-state index in [0.29, 0.717) is 16.7 Å². The van der Waals surface area contributed by atoms with Gasteiger partial charge < -0.3 is 14.4 Å². The molecule has 0 radical (unpaired) electrons. The molecule has 182 valence electrons. The summed E-state index contributed by atoms with van der Waals surface area (Å²) in [7, 11) is -1.28. The number of fused-ring (bicyclic) bond motifs is 1. The van der Waals surface area contributed by atoms with E-state index in [1.54, 1.807) is 30.3 Å². The summed E-state index contributed by atoms with van der Waals surface area (Å²) in [4.78, 5) is 35.8. The Morgan fingerprint density at radius 1 is 1.06 bits per heavy atom. The molecular formula is C23H19Cl2N3O6S. The monoisotopic (exact) mass is 535 g/mol. The van der Waals surface area contributed by atoms with E-state index in [1.165, 1.54) is 31.3 Å². The fourth-order valence-corrected chi connectivity index (χ4v) is 4.89. The lowest BCUT2D eigenvalue weighted by atomic mass is 10.0. The normalized spacial score (nSPS) is 14.0. The number of carbonyl (C=O) groups excluding carboxylic acids is 2. The number of methoxy groups -OCH3 is 2. The van der Waals surface area contributed by atoms with Crippen molar-refractivity contribution in [2.24, 2.45) is 0 Å². The lowest BCUT2D eigenvalue weighted by Gasteiger charge is -2.25. The van der Waals surface area contributed by atoms with Crippen molar-refractivity contribution in [1.82, 2.24) is 14.9 Å². The van der Waals surface area contributed by atoms with Crippen LogP contribution in [0.25, 0.3) is 11.3 Å². The van der Waals surface area contributed by atoms with Crippen LogP contribution in [0.1, 0.15) is 27.7 Å². The molecule has 2 heterocycles. The highest BCUT2D eigenvalue weighted by Gasteiger charge is 2.42. The Morgan fingerprint density at radius 3 is 2.31 bits per heavy atom. The van der Waals surface area contributed by atoms with Gasteiger partial charge in [0.2, 0.25) is 15.0 Å². The van der Waals surface area contributed by atoms with Crippen molar-refractivity contribution in [1.29, 1.82) is 0 Å². The first kappa shape index (κ1) is 24.9. The first-order chi connectivity index (χ1) is 16.6. The molecule has 0 bridgehead atoms. The molecule has 1 amide bonds. The molecule has 0 fully saturated rings. The zero-order chi connectivity index (χ0) is 25.5. The number of esters is 1. The van der Waals surface area contributed by atoms with E-state index in [0.717, 1.165) is 6.26 Å². The third-order valence-corrected chi connectivity index (χ3v) is 6.91. The maximum absolute atomic E-state index is 13.5. The van der Waals surface area contributed by atoms with Crippen molar-refractivity contribution >= 4 is 44.9 Å². The summed E-state index contributed by atoms with van der Waals surface area (Å²) in [5, 5.41) is -0.154. The Kier molecular flexibility index (Phi) is 6.72. The molecule has 0 saturated carbocycles. The molecule has 1 aromatic heterocycles. The molecule has 35 heavy (non-hydrogen) atoms. The minimum atomic E-state index is -3.91. The molecule has 1 aliphatic heterocycles. The Hall–Kier alpha value is -3.21. The predicted octanol–water partition coefficient (Wildman–Crippen LogP) is 3.73. The van der Waals surface area contributed by atoms with Crippen LogP contribution < -0.4 is 4.74 Å². The lowest BCUT2D eigenvalue weighted by Crippen LogP contribution is -2.35. The van der Waals surface area contributed by atoms with Crippen LogP contribution in [0, 0.1) is 0 Å². The number of aromatic nitrogens is 2. The maximum Gasteiger partial charge on any atom is 0.333 e. The van der Waals surface area contributed by atoms with E-state index >= 15 is 0 Å². The molecule has 0 aliphatic carbocycles. The van der Waals surface area contributed by atoms with Gasteiger partial charge in [0.15, 0.2) is 6.04 Å². The van der Waals surface area contributed by atoms with Gasteiger partial charge in [0.25, 0.3) is 5.91 Å². The standard InChI is InChI=1S/C23H19Cl2N3O6S/c1-33-17-9-13(15(24)10-16(17)25)18-14-11-28(20(22(30)34-2)12-7-5-4-6-8-12)21(29)19(14)27-23(26-18)35(3,31)32/h4-10,20H,11H2,1-3H3. The molecule has 0 saturated heterocycles. The number of hydrogen-bond acceptors (Lipinski definition) is 8. The molecule has 3 aromatic rings. The predicted molar refractivity (Wildman–Crippen MR) is 128 cm³/mol. The molecule has 0 spiro atoms. The highest BCUT2D eigenvalue weighted by molar-refractivity contribution is 7.90. The summed E-state index contributed by atoms with van der Waals surface area (Å²) in [6.45, 7) is -0.0938. The van der Waals surface area contributed by atoms with Crippen molar-refractivity contribution in [3.05, 3.63) is 69.3 Å². The first-order valence-corrected chi connectivity index (χ1v) is 12.8. The van der Waals surface area contributed by atoms with Gasteiger partial charge in [-0.1, -0.05) is 53.5 Å².